The van der Waals surface area contributed by atoms with Gasteiger partial charge >= 0.3 is 5.97 Å². The Bertz CT molecular complexity index is 605. The van der Waals surface area contributed by atoms with Gasteiger partial charge in [-0.2, -0.15) is 0 Å². The molecule has 21 heavy (non-hydrogen) atoms. The highest BCUT2D eigenvalue weighted by Crippen LogP contribution is 2.39. The molecule has 0 bridgehead atoms. The largest absolute Gasteiger partial charge is 0.481 e. The second-order valence-electron chi connectivity index (χ2n) is 4.75. The smallest absolute Gasteiger partial charge is 0.311 e. The van der Waals surface area contributed by atoms with Crippen LogP contribution in [0.25, 0.3) is 0 Å². The minimum atomic E-state index is -0.999. The number of benzene rings is 1. The van der Waals surface area contributed by atoms with Crippen LogP contribution < -0.4 is 14.8 Å². The number of amides is 1. The first-order valence-corrected chi connectivity index (χ1v) is 6.64. The van der Waals surface area contributed by atoms with Gasteiger partial charge in [-0.1, -0.05) is 11.6 Å². The summed E-state index contributed by atoms with van der Waals surface area (Å²) in [5, 5.41) is 12.0. The van der Waals surface area contributed by atoms with Gasteiger partial charge in [-0.25, -0.2) is 0 Å². The van der Waals surface area contributed by atoms with E-state index in [1.807, 2.05) is 0 Å². The minimum absolute atomic E-state index is 0.0533. The summed E-state index contributed by atoms with van der Waals surface area (Å²) in [7, 11) is 0. The molecular formula is C13H12ClNO6. The summed E-state index contributed by atoms with van der Waals surface area (Å²) in [5.41, 5.74) is 0.278. The zero-order valence-corrected chi connectivity index (χ0v) is 11.6. The highest BCUT2D eigenvalue weighted by atomic mass is 35.5. The Morgan fingerprint density at radius 1 is 1.29 bits per heavy atom. The number of rotatable bonds is 3. The first-order chi connectivity index (χ1) is 10.1. The number of carboxylic acids is 1. The van der Waals surface area contributed by atoms with Gasteiger partial charge in [-0.15, -0.1) is 0 Å². The molecule has 0 spiro atoms. The molecule has 2 atom stereocenters. The third-order valence-electron chi connectivity index (χ3n) is 3.40. The first-order valence-electron chi connectivity index (χ1n) is 6.27. The SMILES string of the molecule is O=C(NC1COCC1C(=O)O)c1cc(Cl)c2c(c1)OCO2. The number of ether oxygens (including phenoxy) is 3. The maximum Gasteiger partial charge on any atom is 0.311 e. The summed E-state index contributed by atoms with van der Waals surface area (Å²) in [6.07, 6.45) is 0. The Morgan fingerprint density at radius 2 is 2.10 bits per heavy atom. The fraction of sp³-hybridized carbons (Fsp3) is 0.385. The normalized spacial score (nSPS) is 23.1. The Morgan fingerprint density at radius 3 is 2.86 bits per heavy atom. The number of hydrogen-bond donors (Lipinski definition) is 2. The third-order valence-corrected chi connectivity index (χ3v) is 3.68. The third kappa shape index (κ3) is 2.62. The highest BCUT2D eigenvalue weighted by molar-refractivity contribution is 6.32. The van der Waals surface area contributed by atoms with Gasteiger partial charge in [0.1, 0.15) is 5.92 Å². The van der Waals surface area contributed by atoms with E-state index in [9.17, 15) is 9.59 Å². The second-order valence-corrected chi connectivity index (χ2v) is 5.16. The molecule has 2 N–H and O–H groups in total. The predicted octanol–water partition coefficient (Wildman–Crippen LogP) is 0.898. The van der Waals surface area contributed by atoms with E-state index in [4.69, 9.17) is 30.9 Å². The molecule has 3 rings (SSSR count). The zero-order valence-electron chi connectivity index (χ0n) is 10.8. The molecule has 2 aliphatic heterocycles. The van der Waals surface area contributed by atoms with E-state index >= 15 is 0 Å². The highest BCUT2D eigenvalue weighted by Gasteiger charge is 2.35. The van der Waals surface area contributed by atoms with Crippen LogP contribution in [-0.2, 0) is 9.53 Å². The number of carbonyl (C=O) groups is 2. The molecular weight excluding hydrogens is 302 g/mol. The van der Waals surface area contributed by atoms with Crippen molar-refractivity contribution < 1.29 is 28.9 Å². The first kappa shape index (κ1) is 14.0. The lowest BCUT2D eigenvalue weighted by Crippen LogP contribution is -2.42. The van der Waals surface area contributed by atoms with Crippen LogP contribution in [0.4, 0.5) is 0 Å². The summed E-state index contributed by atoms with van der Waals surface area (Å²) < 4.78 is 15.5. The molecule has 2 aliphatic rings. The Kier molecular flexibility index (Phi) is 3.60. The number of halogens is 1. The van der Waals surface area contributed by atoms with Crippen LogP contribution in [-0.4, -0.2) is 43.0 Å². The van der Waals surface area contributed by atoms with Crippen LogP contribution in [0.2, 0.25) is 5.02 Å². The van der Waals surface area contributed by atoms with Crippen molar-refractivity contribution in [2.75, 3.05) is 20.0 Å². The quantitative estimate of drug-likeness (QED) is 0.861. The summed E-state index contributed by atoms with van der Waals surface area (Å²) in [4.78, 5) is 23.3. The predicted molar refractivity (Wildman–Crippen MR) is 70.8 cm³/mol. The van der Waals surface area contributed by atoms with Gasteiger partial charge in [-0.05, 0) is 12.1 Å². The van der Waals surface area contributed by atoms with Crippen molar-refractivity contribution in [2.24, 2.45) is 5.92 Å². The van der Waals surface area contributed by atoms with Gasteiger partial charge in [0.25, 0.3) is 5.91 Å². The van der Waals surface area contributed by atoms with Crippen molar-refractivity contribution >= 4 is 23.5 Å². The summed E-state index contributed by atoms with van der Waals surface area (Å²) in [6.45, 7) is 0.306. The fourth-order valence-corrected chi connectivity index (χ4v) is 2.56. The zero-order chi connectivity index (χ0) is 15.0. The molecule has 112 valence electrons. The van der Waals surface area contributed by atoms with E-state index in [1.54, 1.807) is 0 Å². The molecule has 8 heteroatoms. The van der Waals surface area contributed by atoms with Crippen LogP contribution in [0, 0.1) is 5.92 Å². The average Bonchev–Trinajstić information content (AvgIpc) is 3.06. The van der Waals surface area contributed by atoms with Crippen molar-refractivity contribution in [2.45, 2.75) is 6.04 Å². The fourth-order valence-electron chi connectivity index (χ4n) is 2.29. The summed E-state index contributed by atoms with van der Waals surface area (Å²) in [6, 6.07) is 2.39. The molecule has 2 heterocycles. The van der Waals surface area contributed by atoms with Crippen molar-refractivity contribution in [3.05, 3.63) is 22.7 Å². The van der Waals surface area contributed by atoms with E-state index < -0.39 is 23.8 Å². The molecule has 0 saturated carbocycles. The number of hydrogen-bond acceptors (Lipinski definition) is 5. The van der Waals surface area contributed by atoms with E-state index in [0.29, 0.717) is 11.5 Å². The van der Waals surface area contributed by atoms with Crippen molar-refractivity contribution in [3.63, 3.8) is 0 Å². The molecule has 1 fully saturated rings. The molecule has 1 aromatic carbocycles. The monoisotopic (exact) mass is 313 g/mol. The Balaban J connectivity index is 1.77. The van der Waals surface area contributed by atoms with Crippen molar-refractivity contribution in [1.82, 2.24) is 5.32 Å². The number of nitrogens with one attached hydrogen (secondary N) is 1. The van der Waals surface area contributed by atoms with E-state index in [-0.39, 0.29) is 30.6 Å². The standard InChI is InChI=1S/C13H12ClNO6/c14-8-1-6(2-10-11(8)21-5-20-10)12(16)15-9-4-19-3-7(9)13(17)18/h1-2,7,9H,3-5H2,(H,15,16)(H,17,18). The number of aliphatic carboxylic acids is 1. The second kappa shape index (κ2) is 5.42. The summed E-state index contributed by atoms with van der Waals surface area (Å²) >= 11 is 6.01. The average molecular weight is 314 g/mol. The molecule has 1 aromatic rings. The maximum absolute atomic E-state index is 12.2. The van der Waals surface area contributed by atoms with Gasteiger partial charge in [0.05, 0.1) is 24.3 Å². The Labute approximate surface area is 124 Å². The lowest BCUT2D eigenvalue weighted by atomic mass is 10.0. The molecule has 0 radical (unpaired) electrons. The maximum atomic E-state index is 12.2. The van der Waals surface area contributed by atoms with Crippen molar-refractivity contribution in [3.8, 4) is 11.5 Å². The van der Waals surface area contributed by atoms with Crippen LogP contribution in [0.15, 0.2) is 12.1 Å². The number of carboxylic acid groups (broad SMARTS) is 1. The number of fused-ring (bicyclic) bond motifs is 1. The molecule has 1 amide bonds. The molecule has 0 aromatic heterocycles. The van der Waals surface area contributed by atoms with Crippen LogP contribution in [0.3, 0.4) is 0 Å². The molecule has 7 nitrogen and oxygen atoms in total. The van der Waals surface area contributed by atoms with E-state index in [0.717, 1.165) is 0 Å². The molecule has 1 saturated heterocycles. The number of carbonyl (C=O) groups excluding carboxylic acids is 1. The van der Waals surface area contributed by atoms with Gasteiger partial charge in [0.15, 0.2) is 11.5 Å². The van der Waals surface area contributed by atoms with Crippen molar-refractivity contribution in [1.29, 1.82) is 0 Å². The minimum Gasteiger partial charge on any atom is -0.481 e. The van der Waals surface area contributed by atoms with Crippen LogP contribution in [0.1, 0.15) is 10.4 Å². The lowest BCUT2D eigenvalue weighted by molar-refractivity contribution is -0.142. The van der Waals surface area contributed by atoms with Crippen LogP contribution in [0.5, 0.6) is 11.5 Å². The van der Waals surface area contributed by atoms with Gasteiger partial charge in [0.2, 0.25) is 6.79 Å². The van der Waals surface area contributed by atoms with Gasteiger partial charge in [0, 0.05) is 5.56 Å². The summed E-state index contributed by atoms with van der Waals surface area (Å²) in [5.74, 6) is -1.39. The topological polar surface area (TPSA) is 94.1 Å². The molecule has 2 unspecified atom stereocenters. The van der Waals surface area contributed by atoms with E-state index in [1.165, 1.54) is 12.1 Å². The van der Waals surface area contributed by atoms with Crippen LogP contribution >= 0.6 is 11.6 Å². The van der Waals surface area contributed by atoms with Gasteiger partial charge < -0.3 is 24.6 Å². The lowest BCUT2D eigenvalue weighted by Gasteiger charge is -2.16. The van der Waals surface area contributed by atoms with Gasteiger partial charge in [-0.3, -0.25) is 9.59 Å². The van der Waals surface area contributed by atoms with E-state index in [2.05, 4.69) is 5.32 Å². The molecule has 0 aliphatic carbocycles. The Hall–Kier alpha value is -1.99.